The summed E-state index contributed by atoms with van der Waals surface area (Å²) >= 11 is 0. The van der Waals surface area contributed by atoms with Gasteiger partial charge in [-0.25, -0.2) is 0 Å². The minimum absolute atomic E-state index is 0.252. The molecular weight excluding hydrogens is 457 g/mol. The van der Waals surface area contributed by atoms with Crippen molar-refractivity contribution in [2.45, 2.75) is 89.4 Å². The Bertz CT molecular complexity index is 856. The van der Waals surface area contributed by atoms with Crippen molar-refractivity contribution < 1.29 is 28.1 Å². The molecule has 2 saturated heterocycles. The van der Waals surface area contributed by atoms with Gasteiger partial charge in [0.25, 0.3) is 0 Å². The van der Waals surface area contributed by atoms with Gasteiger partial charge in [-0.2, -0.15) is 13.2 Å². The number of ether oxygens (including phenoxy) is 1. The van der Waals surface area contributed by atoms with Gasteiger partial charge in [0, 0.05) is 37.2 Å². The molecule has 0 radical (unpaired) electrons. The first-order chi connectivity index (χ1) is 16.4. The zero-order chi connectivity index (χ0) is 25.4. The van der Waals surface area contributed by atoms with Crippen LogP contribution in [-0.2, 0) is 16.5 Å². The summed E-state index contributed by atoms with van der Waals surface area (Å²) in [4.78, 5) is 2.03. The SMILES string of the molecule is CC1COCCC1NC1CCC(C(C)C)(C(O)N2CCC(O)(c3cccc(C(F)(F)F)c3)CC2)C1. The molecule has 198 valence electrons. The predicted molar refractivity (Wildman–Crippen MR) is 129 cm³/mol. The van der Waals surface area contributed by atoms with Crippen LogP contribution in [0, 0.1) is 17.3 Å². The van der Waals surface area contributed by atoms with Crippen molar-refractivity contribution >= 4 is 0 Å². The number of alkyl halides is 3. The average molecular weight is 499 g/mol. The van der Waals surface area contributed by atoms with E-state index < -0.39 is 23.6 Å². The number of piperidine rings is 1. The van der Waals surface area contributed by atoms with E-state index in [2.05, 4.69) is 26.1 Å². The van der Waals surface area contributed by atoms with Gasteiger partial charge in [-0.1, -0.05) is 32.9 Å². The Balaban J connectivity index is 1.41. The summed E-state index contributed by atoms with van der Waals surface area (Å²) in [7, 11) is 0. The largest absolute Gasteiger partial charge is 0.416 e. The monoisotopic (exact) mass is 498 g/mol. The Labute approximate surface area is 207 Å². The molecule has 3 aliphatic rings. The number of hydrogen-bond donors (Lipinski definition) is 3. The molecule has 5 atom stereocenters. The Morgan fingerprint density at radius 3 is 2.49 bits per heavy atom. The van der Waals surface area contributed by atoms with Crippen LogP contribution in [0.3, 0.4) is 0 Å². The molecule has 8 heteroatoms. The standard InChI is InChI=1S/C27H41F3N2O3/c1-18(2)25(9-7-22(16-25)31-23-8-14-35-17-19(23)3)24(33)32-12-10-26(34,11-13-32)20-5-4-6-21(15-20)27(28,29)30/h4-6,15,18-19,22-24,31,33-34H,7-14,16-17H2,1-3H3. The second kappa shape index (κ2) is 10.3. The summed E-state index contributed by atoms with van der Waals surface area (Å²) in [6.07, 6.45) is -0.659. The van der Waals surface area contributed by atoms with Crippen LogP contribution in [-0.4, -0.2) is 59.7 Å². The molecule has 1 saturated carbocycles. The fraction of sp³-hybridized carbons (Fsp3) is 0.778. The van der Waals surface area contributed by atoms with Crippen LogP contribution < -0.4 is 5.32 Å². The van der Waals surface area contributed by atoms with Gasteiger partial charge in [-0.3, -0.25) is 4.90 Å². The molecule has 1 aliphatic carbocycles. The molecule has 1 aromatic carbocycles. The first-order valence-electron chi connectivity index (χ1n) is 13.1. The van der Waals surface area contributed by atoms with Crippen molar-refractivity contribution in [2.24, 2.45) is 17.3 Å². The fourth-order valence-electron chi connectivity index (χ4n) is 6.51. The second-order valence-electron chi connectivity index (χ2n) is 11.5. The van der Waals surface area contributed by atoms with Crippen molar-refractivity contribution in [3.8, 4) is 0 Å². The quantitative estimate of drug-likeness (QED) is 0.539. The molecule has 35 heavy (non-hydrogen) atoms. The van der Waals surface area contributed by atoms with Crippen molar-refractivity contribution in [1.29, 1.82) is 0 Å². The molecule has 5 unspecified atom stereocenters. The highest BCUT2D eigenvalue weighted by molar-refractivity contribution is 5.30. The van der Waals surface area contributed by atoms with Crippen LogP contribution in [0.4, 0.5) is 13.2 Å². The van der Waals surface area contributed by atoms with Gasteiger partial charge in [0.05, 0.1) is 17.8 Å². The highest BCUT2D eigenvalue weighted by Gasteiger charge is 2.50. The van der Waals surface area contributed by atoms with Crippen molar-refractivity contribution in [2.75, 3.05) is 26.3 Å². The highest BCUT2D eigenvalue weighted by Crippen LogP contribution is 2.49. The van der Waals surface area contributed by atoms with Crippen LogP contribution in [0.2, 0.25) is 0 Å². The number of hydrogen-bond acceptors (Lipinski definition) is 5. The van der Waals surface area contributed by atoms with Gasteiger partial charge in [0.2, 0.25) is 0 Å². The van der Waals surface area contributed by atoms with Crippen molar-refractivity contribution in [3.63, 3.8) is 0 Å². The Morgan fingerprint density at radius 1 is 1.14 bits per heavy atom. The molecule has 5 nitrogen and oxygen atoms in total. The summed E-state index contributed by atoms with van der Waals surface area (Å²) in [5.74, 6) is 0.749. The summed E-state index contributed by atoms with van der Waals surface area (Å²) in [6, 6.07) is 5.81. The Kier molecular flexibility index (Phi) is 7.89. The molecule has 0 bridgehead atoms. The molecule has 0 spiro atoms. The van der Waals surface area contributed by atoms with E-state index in [-0.39, 0.29) is 11.3 Å². The lowest BCUT2D eigenvalue weighted by atomic mass is 9.72. The van der Waals surface area contributed by atoms with Crippen LogP contribution in [0.1, 0.15) is 70.4 Å². The number of aliphatic hydroxyl groups excluding tert-OH is 1. The first kappa shape index (κ1) is 26.9. The predicted octanol–water partition coefficient (Wildman–Crippen LogP) is 4.52. The van der Waals surface area contributed by atoms with Gasteiger partial charge in [-0.05, 0) is 68.1 Å². The van der Waals surface area contributed by atoms with Gasteiger partial charge < -0.3 is 20.3 Å². The summed E-state index contributed by atoms with van der Waals surface area (Å²) in [5.41, 5.74) is -2.01. The fourth-order valence-corrected chi connectivity index (χ4v) is 6.51. The number of nitrogens with one attached hydrogen (secondary N) is 1. The van der Waals surface area contributed by atoms with E-state index in [1.807, 2.05) is 4.90 Å². The minimum atomic E-state index is -4.44. The topological polar surface area (TPSA) is 65.0 Å². The van der Waals surface area contributed by atoms with Gasteiger partial charge in [0.1, 0.15) is 6.23 Å². The highest BCUT2D eigenvalue weighted by atomic mass is 19.4. The van der Waals surface area contributed by atoms with Crippen LogP contribution in [0.15, 0.2) is 24.3 Å². The van der Waals surface area contributed by atoms with Crippen molar-refractivity contribution in [1.82, 2.24) is 10.2 Å². The number of nitrogens with zero attached hydrogens (tertiary/aromatic N) is 1. The van der Waals surface area contributed by atoms with E-state index in [4.69, 9.17) is 4.74 Å². The third kappa shape index (κ3) is 5.57. The molecule has 2 heterocycles. The van der Waals surface area contributed by atoms with Crippen LogP contribution >= 0.6 is 0 Å². The van der Waals surface area contributed by atoms with E-state index in [0.29, 0.717) is 49.5 Å². The summed E-state index contributed by atoms with van der Waals surface area (Å²) in [6.45, 7) is 9.02. The number of benzene rings is 1. The zero-order valence-electron chi connectivity index (χ0n) is 21.2. The number of halogens is 3. The van der Waals surface area contributed by atoms with Gasteiger partial charge in [-0.15, -0.1) is 0 Å². The van der Waals surface area contributed by atoms with E-state index in [0.717, 1.165) is 51.0 Å². The first-order valence-corrected chi connectivity index (χ1v) is 13.1. The molecule has 3 fully saturated rings. The number of likely N-dealkylation sites (tertiary alicyclic amines) is 1. The van der Waals surface area contributed by atoms with Crippen LogP contribution in [0.5, 0.6) is 0 Å². The normalized spacial score (nSPS) is 33.2. The lowest BCUT2D eigenvalue weighted by Gasteiger charge is -2.48. The average Bonchev–Trinajstić information content (AvgIpc) is 3.25. The lowest BCUT2D eigenvalue weighted by molar-refractivity contribution is -0.142. The molecule has 3 N–H and O–H groups in total. The third-order valence-corrected chi connectivity index (χ3v) is 9.04. The van der Waals surface area contributed by atoms with E-state index in [1.165, 1.54) is 6.07 Å². The molecule has 2 aliphatic heterocycles. The summed E-state index contributed by atoms with van der Waals surface area (Å²) in [5, 5.41) is 26.7. The van der Waals surface area contributed by atoms with Crippen LogP contribution in [0.25, 0.3) is 0 Å². The Hall–Kier alpha value is -1.19. The second-order valence-corrected chi connectivity index (χ2v) is 11.5. The molecule has 1 aromatic rings. The molecule has 0 amide bonds. The van der Waals surface area contributed by atoms with E-state index in [9.17, 15) is 23.4 Å². The summed E-state index contributed by atoms with van der Waals surface area (Å²) < 4.78 is 45.1. The van der Waals surface area contributed by atoms with Gasteiger partial charge >= 0.3 is 6.18 Å². The number of aliphatic hydroxyl groups is 2. The zero-order valence-corrected chi connectivity index (χ0v) is 21.2. The molecular formula is C27H41F3N2O3. The van der Waals surface area contributed by atoms with E-state index in [1.54, 1.807) is 6.07 Å². The third-order valence-electron chi connectivity index (χ3n) is 9.04. The molecule has 0 aromatic heterocycles. The van der Waals surface area contributed by atoms with Crippen molar-refractivity contribution in [3.05, 3.63) is 35.4 Å². The van der Waals surface area contributed by atoms with Gasteiger partial charge in [0.15, 0.2) is 0 Å². The van der Waals surface area contributed by atoms with E-state index >= 15 is 0 Å². The lowest BCUT2D eigenvalue weighted by Crippen LogP contribution is -2.55. The smallest absolute Gasteiger partial charge is 0.385 e. The maximum Gasteiger partial charge on any atom is 0.416 e. The number of rotatable bonds is 6. The maximum atomic E-state index is 13.2. The Morgan fingerprint density at radius 2 is 1.86 bits per heavy atom. The molecule has 4 rings (SSSR count). The maximum absolute atomic E-state index is 13.2. The minimum Gasteiger partial charge on any atom is -0.385 e.